The van der Waals surface area contributed by atoms with Gasteiger partial charge in [-0.2, -0.15) is 45.4 Å². The summed E-state index contributed by atoms with van der Waals surface area (Å²) in [6.07, 6.45) is -7.30. The van der Waals surface area contributed by atoms with Gasteiger partial charge in [-0.15, -0.1) is 0 Å². The molecule has 0 spiro atoms. The fourth-order valence-corrected chi connectivity index (χ4v) is 4.80. The molecule has 0 radical (unpaired) electrons. The van der Waals surface area contributed by atoms with Gasteiger partial charge in [0.2, 0.25) is 5.95 Å². The van der Waals surface area contributed by atoms with Crippen molar-refractivity contribution >= 4 is 16.6 Å². The Morgan fingerprint density at radius 1 is 1.03 bits per heavy atom. The standard InChI is InChI=1S/C23H14F7N7O2/c24-17-7-31-19-13(5-15(34-37(17)19)14-6-32-21(39)33-20(14)38)12-4-11(12)9-1-2-10-16(3-9)36(8-22(25,26)27)35-18(10)23(28,29)30/h1-3,5-7,11-12H,4,8H2,(H2,32,33,38,39)/t11-,12+/m1/s1. The zero-order chi connectivity index (χ0) is 27.9. The van der Waals surface area contributed by atoms with Crippen LogP contribution in [0.5, 0.6) is 0 Å². The Kier molecular flexibility index (Phi) is 5.25. The number of fused-ring (bicyclic) bond motifs is 2. The fraction of sp³-hybridized carbons (Fsp3) is 0.261. The third kappa shape index (κ3) is 4.34. The van der Waals surface area contributed by atoms with Crippen LogP contribution in [0.25, 0.3) is 27.8 Å². The third-order valence-electron chi connectivity index (χ3n) is 6.54. The molecular weight excluding hydrogens is 539 g/mol. The summed E-state index contributed by atoms with van der Waals surface area (Å²) in [5.41, 5.74) is -2.26. The molecule has 1 aromatic carbocycles. The Labute approximate surface area is 210 Å². The van der Waals surface area contributed by atoms with Crippen molar-refractivity contribution in [2.45, 2.75) is 37.2 Å². The highest BCUT2D eigenvalue weighted by Crippen LogP contribution is 2.56. The van der Waals surface area contributed by atoms with Crippen LogP contribution in [0.15, 0.2) is 46.2 Å². The smallest absolute Gasteiger partial charge is 0.313 e. The van der Waals surface area contributed by atoms with Crippen LogP contribution in [0.4, 0.5) is 30.7 Å². The Bertz CT molecular complexity index is 1880. The van der Waals surface area contributed by atoms with E-state index in [-0.39, 0.29) is 38.9 Å². The maximum Gasteiger partial charge on any atom is 0.435 e. The molecule has 4 aromatic heterocycles. The molecule has 5 aromatic rings. The van der Waals surface area contributed by atoms with Gasteiger partial charge in [-0.25, -0.2) is 9.78 Å². The molecule has 202 valence electrons. The molecule has 0 aliphatic heterocycles. The van der Waals surface area contributed by atoms with Crippen molar-refractivity contribution < 1.29 is 30.7 Å². The van der Waals surface area contributed by atoms with Crippen LogP contribution < -0.4 is 11.2 Å². The van der Waals surface area contributed by atoms with Crippen LogP contribution in [-0.4, -0.2) is 40.5 Å². The highest BCUT2D eigenvalue weighted by atomic mass is 19.4. The van der Waals surface area contributed by atoms with Crippen molar-refractivity contribution in [1.29, 1.82) is 0 Å². The lowest BCUT2D eigenvalue weighted by Gasteiger charge is -2.09. The third-order valence-corrected chi connectivity index (χ3v) is 6.54. The number of nitrogens with zero attached hydrogens (tertiary/aromatic N) is 5. The predicted octanol–water partition coefficient (Wildman–Crippen LogP) is 4.11. The molecule has 4 heterocycles. The number of aromatic amines is 2. The number of nitrogens with one attached hydrogen (secondary N) is 2. The fourth-order valence-electron chi connectivity index (χ4n) is 4.80. The van der Waals surface area contributed by atoms with Crippen molar-refractivity contribution in [3.05, 3.63) is 80.3 Å². The van der Waals surface area contributed by atoms with E-state index in [0.717, 1.165) is 23.0 Å². The summed E-state index contributed by atoms with van der Waals surface area (Å²) in [7, 11) is 0. The normalized spacial score (nSPS) is 17.8. The van der Waals surface area contributed by atoms with Crippen molar-refractivity contribution in [2.75, 3.05) is 0 Å². The predicted molar refractivity (Wildman–Crippen MR) is 121 cm³/mol. The van der Waals surface area contributed by atoms with Crippen LogP contribution >= 0.6 is 0 Å². The van der Waals surface area contributed by atoms with Crippen LogP contribution in [0.3, 0.4) is 0 Å². The van der Waals surface area contributed by atoms with E-state index in [0.29, 0.717) is 17.5 Å². The summed E-state index contributed by atoms with van der Waals surface area (Å²) in [6, 6.07) is 5.21. The summed E-state index contributed by atoms with van der Waals surface area (Å²) in [4.78, 5) is 32.1. The lowest BCUT2D eigenvalue weighted by molar-refractivity contribution is -0.148. The van der Waals surface area contributed by atoms with Gasteiger partial charge in [0.05, 0.1) is 23.0 Å². The molecule has 1 aliphatic rings. The van der Waals surface area contributed by atoms with Gasteiger partial charge < -0.3 is 4.98 Å². The Morgan fingerprint density at radius 3 is 2.49 bits per heavy atom. The average Bonchev–Trinajstić information content (AvgIpc) is 3.44. The molecule has 1 saturated carbocycles. The van der Waals surface area contributed by atoms with Gasteiger partial charge in [0.25, 0.3) is 5.56 Å². The first kappa shape index (κ1) is 24.8. The Balaban J connectivity index is 1.43. The Morgan fingerprint density at radius 2 is 1.79 bits per heavy atom. The van der Waals surface area contributed by atoms with Crippen molar-refractivity contribution in [3.63, 3.8) is 0 Å². The highest BCUT2D eigenvalue weighted by Gasteiger charge is 2.43. The first-order valence-corrected chi connectivity index (χ1v) is 11.3. The minimum atomic E-state index is -4.96. The molecule has 2 atom stereocenters. The van der Waals surface area contributed by atoms with Crippen LogP contribution in [-0.2, 0) is 12.7 Å². The van der Waals surface area contributed by atoms with E-state index in [2.05, 4.69) is 20.2 Å². The quantitative estimate of drug-likeness (QED) is 0.325. The molecular formula is C23H14F7N7O2. The molecule has 1 aliphatic carbocycles. The summed E-state index contributed by atoms with van der Waals surface area (Å²) in [5, 5.41) is 6.82. The largest absolute Gasteiger partial charge is 0.435 e. The van der Waals surface area contributed by atoms with Gasteiger partial charge >= 0.3 is 18.0 Å². The second-order valence-electron chi connectivity index (χ2n) is 9.13. The second-order valence-corrected chi connectivity index (χ2v) is 9.13. The molecule has 6 rings (SSSR count). The SMILES string of the molecule is O=c1[nH]cc(-c2cc([C@H]3C[C@@H]3c3ccc4c(C(F)(F)F)nn(CC(F)(F)F)c4c3)c3ncc(F)n3n2)c(=O)[nH]1. The van der Waals surface area contributed by atoms with Crippen LogP contribution in [0, 0.1) is 5.95 Å². The van der Waals surface area contributed by atoms with E-state index < -0.39 is 47.2 Å². The number of benzene rings is 1. The number of imidazole rings is 1. The summed E-state index contributed by atoms with van der Waals surface area (Å²) in [5.74, 6) is -1.55. The Hall–Kier alpha value is -4.50. The van der Waals surface area contributed by atoms with E-state index in [1.54, 1.807) is 0 Å². The lowest BCUT2D eigenvalue weighted by Crippen LogP contribution is -2.23. The number of aromatic nitrogens is 7. The molecule has 0 unspecified atom stereocenters. The van der Waals surface area contributed by atoms with E-state index in [1.165, 1.54) is 18.2 Å². The first-order chi connectivity index (χ1) is 18.3. The maximum atomic E-state index is 14.4. The lowest BCUT2D eigenvalue weighted by atomic mass is 10.0. The summed E-state index contributed by atoms with van der Waals surface area (Å²) >= 11 is 0. The maximum absolute atomic E-state index is 14.4. The summed E-state index contributed by atoms with van der Waals surface area (Å²) < 4.78 is 95.2. The van der Waals surface area contributed by atoms with Gasteiger partial charge in [-0.1, -0.05) is 12.1 Å². The van der Waals surface area contributed by atoms with Crippen LogP contribution in [0.2, 0.25) is 0 Å². The second kappa shape index (κ2) is 8.25. The van der Waals surface area contributed by atoms with E-state index in [4.69, 9.17) is 0 Å². The minimum absolute atomic E-state index is 0.0195. The average molecular weight is 553 g/mol. The molecule has 39 heavy (non-hydrogen) atoms. The monoisotopic (exact) mass is 553 g/mol. The number of rotatable bonds is 4. The zero-order valence-electron chi connectivity index (χ0n) is 19.2. The van der Waals surface area contributed by atoms with E-state index >= 15 is 0 Å². The molecule has 9 nitrogen and oxygen atoms in total. The summed E-state index contributed by atoms with van der Waals surface area (Å²) in [6.45, 7) is -1.70. The molecule has 0 bridgehead atoms. The van der Waals surface area contributed by atoms with E-state index in [1.807, 2.05) is 4.98 Å². The number of H-pyrrole nitrogens is 2. The molecule has 16 heteroatoms. The molecule has 2 N–H and O–H groups in total. The number of alkyl halides is 6. The van der Waals surface area contributed by atoms with Gasteiger partial charge in [0.1, 0.15) is 6.54 Å². The number of hydrogen-bond acceptors (Lipinski definition) is 5. The van der Waals surface area contributed by atoms with E-state index in [9.17, 15) is 40.3 Å². The van der Waals surface area contributed by atoms with Gasteiger partial charge in [0.15, 0.2) is 11.3 Å². The number of halogens is 7. The van der Waals surface area contributed by atoms with Gasteiger partial charge in [0, 0.05) is 17.1 Å². The van der Waals surface area contributed by atoms with Crippen molar-refractivity contribution in [1.82, 2.24) is 34.3 Å². The molecule has 1 fully saturated rings. The highest BCUT2D eigenvalue weighted by molar-refractivity contribution is 5.83. The van der Waals surface area contributed by atoms with Crippen molar-refractivity contribution in [2.24, 2.45) is 0 Å². The number of hydrogen-bond donors (Lipinski definition) is 2. The van der Waals surface area contributed by atoms with Gasteiger partial charge in [-0.05, 0) is 36.0 Å². The zero-order valence-corrected chi connectivity index (χ0v) is 19.2. The molecule has 0 saturated heterocycles. The topological polar surface area (TPSA) is 114 Å². The molecule has 0 amide bonds. The first-order valence-electron chi connectivity index (χ1n) is 11.3. The van der Waals surface area contributed by atoms with Crippen molar-refractivity contribution in [3.8, 4) is 11.3 Å². The van der Waals surface area contributed by atoms with Crippen LogP contribution in [0.1, 0.15) is 35.1 Å². The minimum Gasteiger partial charge on any atom is -0.313 e. The van der Waals surface area contributed by atoms with Gasteiger partial charge in [-0.3, -0.25) is 14.5 Å².